The summed E-state index contributed by atoms with van der Waals surface area (Å²) in [7, 11) is 0. The highest BCUT2D eigenvalue weighted by Gasteiger charge is 2.36. The molecule has 204 valence electrons. The van der Waals surface area contributed by atoms with Crippen molar-refractivity contribution in [2.45, 2.75) is 72.1 Å². The van der Waals surface area contributed by atoms with Crippen molar-refractivity contribution in [1.29, 1.82) is 0 Å². The molecule has 5 rings (SSSR count). The topological polar surface area (TPSA) is 68.6 Å². The van der Waals surface area contributed by atoms with Crippen LogP contribution < -0.4 is 24.4 Å². The van der Waals surface area contributed by atoms with E-state index in [1.807, 2.05) is 70.2 Å². The quantitative estimate of drug-likeness (QED) is 0.396. The molecule has 0 radical (unpaired) electrons. The van der Waals surface area contributed by atoms with E-state index in [1.165, 1.54) is 22.0 Å². The highest BCUT2D eigenvalue weighted by molar-refractivity contribution is 9.10. The van der Waals surface area contributed by atoms with Gasteiger partial charge in [-0.1, -0.05) is 67.9 Å². The number of para-hydroxylation sites is 1. The Bertz CT molecular complexity index is 1630. The number of nitrogens with zero attached hydrogens (tertiary/aromatic N) is 2. The van der Waals surface area contributed by atoms with E-state index >= 15 is 0 Å². The number of hydrogen-bond acceptors (Lipinski definition) is 5. The van der Waals surface area contributed by atoms with Crippen LogP contribution in [-0.4, -0.2) is 28.4 Å². The lowest BCUT2D eigenvalue weighted by Crippen LogP contribution is -2.43. The normalized spacial score (nSPS) is 19.9. The second kappa shape index (κ2) is 10.5. The molecule has 1 saturated carbocycles. The summed E-state index contributed by atoms with van der Waals surface area (Å²) in [5.41, 5.74) is 1.87. The summed E-state index contributed by atoms with van der Waals surface area (Å²) < 4.78 is 9.35. The Kier molecular flexibility index (Phi) is 7.46. The molecule has 1 aromatic heterocycles. The summed E-state index contributed by atoms with van der Waals surface area (Å²) in [6.07, 6.45) is 5.54. The summed E-state index contributed by atoms with van der Waals surface area (Å²) in [6, 6.07) is 13.6. The summed E-state index contributed by atoms with van der Waals surface area (Å²) in [5.74, 6) is 0.607. The molecule has 1 aliphatic carbocycles. The molecular weight excluding hydrogens is 576 g/mol. The minimum absolute atomic E-state index is 0.0381. The van der Waals surface area contributed by atoms with Crippen LogP contribution in [0.1, 0.15) is 64.5 Å². The van der Waals surface area contributed by atoms with Crippen LogP contribution in [0.3, 0.4) is 0 Å². The summed E-state index contributed by atoms with van der Waals surface area (Å²) in [4.78, 5) is 42.3. The predicted molar refractivity (Wildman–Crippen MR) is 160 cm³/mol. The molecule has 1 amide bonds. The number of fused-ring (bicyclic) bond motifs is 1. The third-order valence-electron chi connectivity index (χ3n) is 7.39. The predicted octanol–water partition coefficient (Wildman–Crippen LogP) is 4.98. The number of benzene rings is 2. The van der Waals surface area contributed by atoms with Gasteiger partial charge >= 0.3 is 0 Å². The number of halogens is 1. The van der Waals surface area contributed by atoms with Gasteiger partial charge in [0.05, 0.1) is 10.6 Å². The highest BCUT2D eigenvalue weighted by Crippen LogP contribution is 2.40. The van der Waals surface area contributed by atoms with Crippen LogP contribution in [0, 0.1) is 5.41 Å². The van der Waals surface area contributed by atoms with Crippen molar-refractivity contribution in [3.8, 4) is 5.75 Å². The van der Waals surface area contributed by atoms with Gasteiger partial charge in [-0.3, -0.25) is 19.0 Å². The number of ketones is 1. The molecule has 0 spiro atoms. The summed E-state index contributed by atoms with van der Waals surface area (Å²) in [5, 5.41) is 0. The molecule has 2 heterocycles. The molecule has 3 aromatic rings. The van der Waals surface area contributed by atoms with Gasteiger partial charge in [0.25, 0.3) is 5.56 Å². The van der Waals surface area contributed by atoms with E-state index in [4.69, 9.17) is 4.74 Å². The zero-order valence-electron chi connectivity index (χ0n) is 22.9. The van der Waals surface area contributed by atoms with Gasteiger partial charge in [-0.15, -0.1) is 11.3 Å². The number of carbonyl (C=O) groups is 2. The molecule has 8 heteroatoms. The van der Waals surface area contributed by atoms with E-state index < -0.39 is 5.41 Å². The Morgan fingerprint density at radius 2 is 1.85 bits per heavy atom. The lowest BCUT2D eigenvalue weighted by molar-refractivity contribution is -0.120. The zero-order chi connectivity index (χ0) is 28.1. The molecular formula is C31H33BrN2O4S. The molecule has 2 aromatic carbocycles. The van der Waals surface area contributed by atoms with Crippen molar-refractivity contribution in [3.05, 3.63) is 77.6 Å². The van der Waals surface area contributed by atoms with E-state index in [-0.39, 0.29) is 41.9 Å². The number of anilines is 1. The van der Waals surface area contributed by atoms with E-state index in [0.29, 0.717) is 14.9 Å². The van der Waals surface area contributed by atoms with Gasteiger partial charge < -0.3 is 9.64 Å². The first-order valence-corrected chi connectivity index (χ1v) is 14.9. The van der Waals surface area contributed by atoms with Crippen LogP contribution >= 0.6 is 27.3 Å². The van der Waals surface area contributed by atoms with Crippen LogP contribution in [0.4, 0.5) is 5.69 Å². The van der Waals surface area contributed by atoms with Crippen molar-refractivity contribution in [2.24, 2.45) is 5.41 Å². The lowest BCUT2D eigenvalue weighted by atomic mass is 9.91. The first kappa shape index (κ1) is 27.6. The molecule has 39 heavy (non-hydrogen) atoms. The smallest absolute Gasteiger partial charge is 0.269 e. The first-order valence-electron chi connectivity index (χ1n) is 13.3. The Balaban J connectivity index is 1.59. The molecule has 1 aliphatic heterocycles. The number of thiazole rings is 1. The third-order valence-corrected chi connectivity index (χ3v) is 8.94. The van der Waals surface area contributed by atoms with E-state index in [0.717, 1.165) is 34.1 Å². The minimum atomic E-state index is -0.617. The maximum Gasteiger partial charge on any atom is 0.269 e. The average molecular weight is 610 g/mol. The largest absolute Gasteiger partial charge is 0.490 e. The molecule has 0 N–H and O–H groups in total. The van der Waals surface area contributed by atoms with Gasteiger partial charge in [0.15, 0.2) is 5.78 Å². The average Bonchev–Trinajstić information content (AvgIpc) is 3.60. The molecule has 0 bridgehead atoms. The lowest BCUT2D eigenvalue weighted by Gasteiger charge is -2.24. The van der Waals surface area contributed by atoms with Crippen LogP contribution in [-0.2, 0) is 16.1 Å². The van der Waals surface area contributed by atoms with Crippen LogP contribution in [0.15, 0.2) is 51.7 Å². The molecule has 6 nitrogen and oxygen atoms in total. The van der Waals surface area contributed by atoms with Crippen molar-refractivity contribution in [2.75, 3.05) is 4.90 Å². The minimum Gasteiger partial charge on any atom is -0.490 e. The van der Waals surface area contributed by atoms with E-state index in [2.05, 4.69) is 22.9 Å². The molecule has 2 unspecified atom stereocenters. The SMILES string of the molecule is CC1c2ccccc2N(C(=O)Cn2c(=O)/c(=C/c3ccc(Br)cc3OC3CC3)s/c2=C\C(=O)C(C)(C)C)C1C. The monoisotopic (exact) mass is 608 g/mol. The van der Waals surface area contributed by atoms with E-state index in [1.54, 1.807) is 11.0 Å². The highest BCUT2D eigenvalue weighted by atomic mass is 79.9. The number of carbonyl (C=O) groups excluding carboxylic acids is 2. The Labute approximate surface area is 240 Å². The van der Waals surface area contributed by atoms with Gasteiger partial charge in [-0.25, -0.2) is 0 Å². The number of amides is 1. The van der Waals surface area contributed by atoms with Crippen molar-refractivity contribution in [3.63, 3.8) is 0 Å². The van der Waals surface area contributed by atoms with Crippen molar-refractivity contribution < 1.29 is 14.3 Å². The van der Waals surface area contributed by atoms with Crippen LogP contribution in [0.2, 0.25) is 0 Å². The number of Topliss-reactive ketones (excluding diaryl/α,β-unsaturated/α-hetero) is 1. The van der Waals surface area contributed by atoms with Gasteiger partial charge in [-0.05, 0) is 49.6 Å². The number of rotatable bonds is 6. The fraction of sp³-hybridized carbons (Fsp3) is 0.387. The maximum atomic E-state index is 13.8. The van der Waals surface area contributed by atoms with Gasteiger partial charge in [0.2, 0.25) is 5.91 Å². The first-order chi connectivity index (χ1) is 18.4. The number of aromatic nitrogens is 1. The number of hydrogen-bond donors (Lipinski definition) is 0. The molecule has 2 aliphatic rings. The van der Waals surface area contributed by atoms with Crippen molar-refractivity contribution in [1.82, 2.24) is 4.57 Å². The Morgan fingerprint density at radius 1 is 1.13 bits per heavy atom. The number of ether oxygens (including phenoxy) is 1. The Morgan fingerprint density at radius 3 is 2.54 bits per heavy atom. The van der Waals surface area contributed by atoms with Gasteiger partial charge in [-0.2, -0.15) is 0 Å². The van der Waals surface area contributed by atoms with Crippen molar-refractivity contribution >= 4 is 56.8 Å². The zero-order valence-corrected chi connectivity index (χ0v) is 25.3. The third kappa shape index (κ3) is 5.68. The fourth-order valence-corrected chi connectivity index (χ4v) is 6.10. The van der Waals surface area contributed by atoms with Crippen LogP contribution in [0.25, 0.3) is 12.2 Å². The molecule has 2 atom stereocenters. The fourth-order valence-electron chi connectivity index (χ4n) is 4.73. The van der Waals surface area contributed by atoms with E-state index in [9.17, 15) is 14.4 Å². The van der Waals surface area contributed by atoms with Gasteiger partial charge in [0.1, 0.15) is 17.0 Å². The van der Waals surface area contributed by atoms with Gasteiger partial charge in [0, 0.05) is 39.2 Å². The maximum absolute atomic E-state index is 13.8. The summed E-state index contributed by atoms with van der Waals surface area (Å²) >= 11 is 4.73. The second-order valence-electron chi connectivity index (χ2n) is 11.4. The molecule has 0 saturated heterocycles. The molecule has 1 fully saturated rings. The second-order valence-corrected chi connectivity index (χ2v) is 13.4. The standard InChI is InChI=1S/C31H33BrN2O4S/c1-18-19(2)34(24-9-7-6-8-23(18)24)28(36)17-33-29(16-27(35)31(3,4)5)39-26(30(33)37)14-20-10-11-21(32)15-25(20)38-22-12-13-22/h6-11,14-16,18-19,22H,12-13,17H2,1-5H3/b26-14-,29-16-. The van der Waals surface area contributed by atoms with Crippen LogP contribution in [0.5, 0.6) is 5.75 Å². The summed E-state index contributed by atoms with van der Waals surface area (Å²) in [6.45, 7) is 9.52. The Hall–Kier alpha value is -2.97.